The molecule has 23 heavy (non-hydrogen) atoms. The van der Waals surface area contributed by atoms with Crippen LogP contribution in [0.5, 0.6) is 0 Å². The van der Waals surface area contributed by atoms with E-state index in [-0.39, 0.29) is 24.3 Å². The summed E-state index contributed by atoms with van der Waals surface area (Å²) in [4.78, 5) is 25.8. The maximum Gasteiger partial charge on any atom is 0.249 e. The fourth-order valence-electron chi connectivity index (χ4n) is 2.65. The minimum absolute atomic E-state index is 0.00368. The van der Waals surface area contributed by atoms with Crippen LogP contribution in [0.1, 0.15) is 24.0 Å². The van der Waals surface area contributed by atoms with Gasteiger partial charge < -0.3 is 20.7 Å². The van der Waals surface area contributed by atoms with Gasteiger partial charge in [-0.15, -0.1) is 0 Å². The minimum Gasteiger partial charge on any atom is -0.384 e. The van der Waals surface area contributed by atoms with Gasteiger partial charge in [0.15, 0.2) is 0 Å². The smallest absolute Gasteiger partial charge is 0.249 e. The van der Waals surface area contributed by atoms with E-state index in [1.54, 1.807) is 17.0 Å². The van der Waals surface area contributed by atoms with Crippen LogP contribution >= 0.6 is 0 Å². The van der Waals surface area contributed by atoms with Crippen molar-refractivity contribution in [3.8, 4) is 0 Å². The van der Waals surface area contributed by atoms with Crippen molar-refractivity contribution in [3.63, 3.8) is 0 Å². The Bertz CT molecular complexity index is 585. The van der Waals surface area contributed by atoms with Crippen molar-refractivity contribution in [2.45, 2.75) is 25.4 Å². The van der Waals surface area contributed by atoms with E-state index in [0.29, 0.717) is 25.1 Å². The lowest BCUT2D eigenvalue weighted by Gasteiger charge is -2.23. The van der Waals surface area contributed by atoms with Crippen molar-refractivity contribution in [1.82, 2.24) is 10.2 Å². The van der Waals surface area contributed by atoms with Crippen LogP contribution in [-0.2, 0) is 20.9 Å². The Hall–Kier alpha value is -2.41. The Morgan fingerprint density at radius 1 is 1.39 bits per heavy atom. The quantitative estimate of drug-likeness (QED) is 0.515. The minimum atomic E-state index is -0.422. The number of carbonyl (C=O) groups excluding carboxylic acids is 2. The van der Waals surface area contributed by atoms with Crippen molar-refractivity contribution in [3.05, 3.63) is 35.4 Å². The van der Waals surface area contributed by atoms with E-state index < -0.39 is 6.04 Å². The zero-order valence-electron chi connectivity index (χ0n) is 13.2. The van der Waals surface area contributed by atoms with Gasteiger partial charge in [0.2, 0.25) is 11.8 Å². The molecule has 0 aliphatic carbocycles. The monoisotopic (exact) mass is 318 g/mol. The molecule has 2 amide bonds. The van der Waals surface area contributed by atoms with Gasteiger partial charge in [-0.05, 0) is 18.4 Å². The molecular weight excluding hydrogens is 296 g/mol. The number of methoxy groups -OCH3 is 1. The number of benzene rings is 1. The lowest BCUT2D eigenvalue weighted by molar-refractivity contribution is -0.141. The van der Waals surface area contributed by atoms with Gasteiger partial charge in [0.1, 0.15) is 18.5 Å². The van der Waals surface area contributed by atoms with Crippen LogP contribution in [0.25, 0.3) is 0 Å². The van der Waals surface area contributed by atoms with Gasteiger partial charge in [-0.2, -0.15) is 0 Å². The van der Waals surface area contributed by atoms with Crippen LogP contribution < -0.4 is 11.1 Å². The van der Waals surface area contributed by atoms with Crippen LogP contribution in [0, 0.1) is 5.41 Å². The summed E-state index contributed by atoms with van der Waals surface area (Å²) in [6, 6.07) is 6.70. The average Bonchev–Trinajstić information content (AvgIpc) is 3.03. The molecule has 0 bridgehead atoms. The molecule has 4 N–H and O–H groups in total. The first-order valence-corrected chi connectivity index (χ1v) is 7.52. The number of nitrogens with one attached hydrogen (secondary N) is 2. The van der Waals surface area contributed by atoms with Crippen LogP contribution in [-0.4, -0.2) is 48.9 Å². The molecule has 2 rings (SSSR count). The van der Waals surface area contributed by atoms with Gasteiger partial charge in [-0.3, -0.25) is 15.0 Å². The second-order valence-electron chi connectivity index (χ2n) is 5.51. The molecule has 1 aromatic rings. The van der Waals surface area contributed by atoms with Crippen LogP contribution in [0.3, 0.4) is 0 Å². The lowest BCUT2D eigenvalue weighted by Crippen LogP contribution is -2.46. The van der Waals surface area contributed by atoms with E-state index in [1.807, 2.05) is 12.1 Å². The number of hydrogen-bond donors (Lipinski definition) is 3. The molecule has 1 heterocycles. The Morgan fingerprint density at radius 2 is 2.09 bits per heavy atom. The molecule has 1 fully saturated rings. The van der Waals surface area contributed by atoms with Gasteiger partial charge in [-0.25, -0.2) is 0 Å². The maximum absolute atomic E-state index is 12.3. The molecule has 0 saturated carbocycles. The lowest BCUT2D eigenvalue weighted by atomic mass is 10.1. The average molecular weight is 318 g/mol. The first kappa shape index (κ1) is 17.0. The summed E-state index contributed by atoms with van der Waals surface area (Å²) in [5.41, 5.74) is 6.96. The maximum atomic E-state index is 12.3. The second kappa shape index (κ2) is 7.73. The SMILES string of the molecule is COCC(=O)N1CCC[C@H]1C(=O)NCc1ccc(C(=N)N)cc1. The molecule has 1 atom stereocenters. The molecule has 0 aromatic heterocycles. The highest BCUT2D eigenvalue weighted by Gasteiger charge is 2.33. The zero-order valence-corrected chi connectivity index (χ0v) is 13.2. The van der Waals surface area contributed by atoms with E-state index in [0.717, 1.165) is 12.0 Å². The Kier molecular flexibility index (Phi) is 5.70. The molecule has 1 aliphatic heterocycles. The Morgan fingerprint density at radius 3 is 2.70 bits per heavy atom. The first-order valence-electron chi connectivity index (χ1n) is 7.52. The van der Waals surface area contributed by atoms with E-state index in [2.05, 4.69) is 5.32 Å². The van der Waals surface area contributed by atoms with E-state index in [9.17, 15) is 9.59 Å². The summed E-state index contributed by atoms with van der Waals surface area (Å²) >= 11 is 0. The third-order valence-corrected chi connectivity index (χ3v) is 3.88. The number of likely N-dealkylation sites (tertiary alicyclic amines) is 1. The summed E-state index contributed by atoms with van der Waals surface area (Å²) in [5.74, 6) is -0.294. The number of amides is 2. The number of amidine groups is 1. The molecule has 1 aromatic carbocycles. The summed E-state index contributed by atoms with van der Waals surface area (Å²) < 4.78 is 4.85. The Labute approximate surface area is 135 Å². The van der Waals surface area contributed by atoms with Gasteiger partial charge in [0.25, 0.3) is 0 Å². The summed E-state index contributed by atoms with van der Waals surface area (Å²) in [7, 11) is 1.47. The highest BCUT2D eigenvalue weighted by molar-refractivity contribution is 5.94. The third-order valence-electron chi connectivity index (χ3n) is 3.88. The first-order chi connectivity index (χ1) is 11.0. The molecule has 1 saturated heterocycles. The van der Waals surface area contributed by atoms with E-state index >= 15 is 0 Å². The second-order valence-corrected chi connectivity index (χ2v) is 5.51. The largest absolute Gasteiger partial charge is 0.384 e. The number of nitrogens with two attached hydrogens (primary N) is 1. The predicted molar refractivity (Wildman–Crippen MR) is 85.9 cm³/mol. The van der Waals surface area contributed by atoms with E-state index in [4.69, 9.17) is 15.9 Å². The van der Waals surface area contributed by atoms with Crippen molar-refractivity contribution in [1.29, 1.82) is 5.41 Å². The number of hydrogen-bond acceptors (Lipinski definition) is 4. The fourth-order valence-corrected chi connectivity index (χ4v) is 2.65. The highest BCUT2D eigenvalue weighted by atomic mass is 16.5. The van der Waals surface area contributed by atoms with Crippen molar-refractivity contribution in [2.75, 3.05) is 20.3 Å². The van der Waals surface area contributed by atoms with Gasteiger partial charge in [0, 0.05) is 25.8 Å². The van der Waals surface area contributed by atoms with Crippen LogP contribution in [0.2, 0.25) is 0 Å². The summed E-state index contributed by atoms with van der Waals surface area (Å²) in [6.45, 7) is 0.962. The normalized spacial score (nSPS) is 17.1. The molecule has 7 nitrogen and oxygen atoms in total. The summed E-state index contributed by atoms with van der Waals surface area (Å²) in [5, 5.41) is 10.2. The molecule has 124 valence electrons. The third kappa shape index (κ3) is 4.29. The number of ether oxygens (including phenoxy) is 1. The van der Waals surface area contributed by atoms with Crippen LogP contribution in [0.15, 0.2) is 24.3 Å². The number of carbonyl (C=O) groups is 2. The zero-order chi connectivity index (χ0) is 16.8. The molecular formula is C16H22N4O3. The van der Waals surface area contributed by atoms with Gasteiger partial charge >= 0.3 is 0 Å². The van der Waals surface area contributed by atoms with E-state index in [1.165, 1.54) is 7.11 Å². The number of rotatable bonds is 6. The molecule has 7 heteroatoms. The highest BCUT2D eigenvalue weighted by Crippen LogP contribution is 2.17. The van der Waals surface area contributed by atoms with Gasteiger partial charge in [0.05, 0.1) is 0 Å². The summed E-state index contributed by atoms with van der Waals surface area (Å²) in [6.07, 6.45) is 1.49. The topological polar surface area (TPSA) is 109 Å². The molecule has 0 spiro atoms. The molecule has 0 unspecified atom stereocenters. The fraction of sp³-hybridized carbons (Fsp3) is 0.438. The number of nitrogens with zero attached hydrogens (tertiary/aromatic N) is 1. The molecule has 1 aliphatic rings. The Balaban J connectivity index is 1.91. The van der Waals surface area contributed by atoms with Crippen LogP contribution in [0.4, 0.5) is 0 Å². The van der Waals surface area contributed by atoms with Crippen molar-refractivity contribution in [2.24, 2.45) is 5.73 Å². The molecule has 0 radical (unpaired) electrons. The van der Waals surface area contributed by atoms with Crippen molar-refractivity contribution < 1.29 is 14.3 Å². The van der Waals surface area contributed by atoms with Gasteiger partial charge in [-0.1, -0.05) is 24.3 Å². The predicted octanol–water partition coefficient (Wildman–Crippen LogP) is 0.224. The number of nitrogen functional groups attached to an aromatic ring is 1. The standard InChI is InChI=1S/C16H22N4O3/c1-23-10-14(21)20-8-2-3-13(20)16(22)19-9-11-4-6-12(7-5-11)15(17)18/h4-7,13H,2-3,8-10H2,1H3,(H3,17,18)(H,19,22)/t13-/m0/s1. The van der Waals surface area contributed by atoms with Crippen molar-refractivity contribution >= 4 is 17.6 Å².